The minimum absolute atomic E-state index is 0. The van der Waals surface area contributed by atoms with Crippen molar-refractivity contribution in [1.29, 1.82) is 0 Å². The van der Waals surface area contributed by atoms with Gasteiger partial charge in [-0.1, -0.05) is 86.8 Å². The summed E-state index contributed by atoms with van der Waals surface area (Å²) in [5.74, 6) is 7.67. The van der Waals surface area contributed by atoms with E-state index in [2.05, 4.69) is 133 Å². The van der Waals surface area contributed by atoms with E-state index in [1.807, 2.05) is 69.4 Å². The Bertz CT molecular complexity index is 3130. The van der Waals surface area contributed by atoms with E-state index in [1.54, 1.807) is 19.9 Å². The van der Waals surface area contributed by atoms with Gasteiger partial charge in [-0.15, -0.1) is 23.8 Å². The summed E-state index contributed by atoms with van der Waals surface area (Å²) in [7, 11) is 0. The molecule has 62 heavy (non-hydrogen) atoms. The van der Waals surface area contributed by atoms with Crippen LogP contribution < -0.4 is 4.40 Å². The molecule has 0 saturated heterocycles. The Morgan fingerprint density at radius 1 is 0.710 bits per heavy atom. The molecule has 9 aromatic rings. The molecule has 1 radical (unpaired) electrons. The van der Waals surface area contributed by atoms with E-state index in [-0.39, 0.29) is 25.5 Å². The first-order chi connectivity index (χ1) is 29.5. The van der Waals surface area contributed by atoms with E-state index in [1.165, 1.54) is 10.9 Å². The molecule has 0 aliphatic carbocycles. The van der Waals surface area contributed by atoms with Crippen molar-refractivity contribution < 1.29 is 32.4 Å². The molecule has 0 spiro atoms. The summed E-state index contributed by atoms with van der Waals surface area (Å²) >= 11 is -2.31. The maximum Gasteiger partial charge on any atom is 0 e. The number of fused-ring (bicyclic) bond motifs is 6. The third kappa shape index (κ3) is 9.40. The number of rotatable bonds is 6. The van der Waals surface area contributed by atoms with Gasteiger partial charge in [-0.2, -0.15) is 0 Å². The average molecular weight is 1060 g/mol. The maximum atomic E-state index is 10.1. The van der Waals surface area contributed by atoms with Crippen LogP contribution in [0.4, 0.5) is 0 Å². The summed E-state index contributed by atoms with van der Waals surface area (Å²) in [5.41, 5.74) is 8.85. The van der Waals surface area contributed by atoms with Gasteiger partial charge in [0, 0.05) is 36.6 Å². The summed E-state index contributed by atoms with van der Waals surface area (Å²) in [4.78, 5) is 9.88. The van der Waals surface area contributed by atoms with Crippen molar-refractivity contribution in [2.24, 2.45) is 5.41 Å². The summed E-state index contributed by atoms with van der Waals surface area (Å²) in [6.45, 7) is 16.0. The number of hydrogen-bond acceptors (Lipinski definition) is 4. The Balaban J connectivity index is 0.000000197. The van der Waals surface area contributed by atoms with Crippen LogP contribution in [-0.4, -0.2) is 32.9 Å². The van der Waals surface area contributed by atoms with Crippen molar-refractivity contribution in [3.63, 3.8) is 0 Å². The topological polar surface area (TPSA) is 64.1 Å². The summed E-state index contributed by atoms with van der Waals surface area (Å²) in [6, 6.07) is 48.0. The predicted molar refractivity (Wildman–Crippen MR) is 259 cm³/mol. The number of pyridine rings is 1. The van der Waals surface area contributed by atoms with Crippen LogP contribution >= 0.6 is 0 Å². The molecule has 5 nitrogen and oxygen atoms in total. The van der Waals surface area contributed by atoms with E-state index in [4.69, 9.17) is 12.1 Å². The fourth-order valence-corrected chi connectivity index (χ4v) is 10.8. The molecule has 0 aliphatic heterocycles. The molecular formula is C55H57GeIrN3O2-2. The van der Waals surface area contributed by atoms with Gasteiger partial charge in [0.15, 0.2) is 0 Å². The van der Waals surface area contributed by atoms with Crippen LogP contribution in [0.3, 0.4) is 0 Å². The molecule has 0 amide bonds. The predicted octanol–water partition coefficient (Wildman–Crippen LogP) is 13.8. The molecule has 0 aliphatic rings. The van der Waals surface area contributed by atoms with Crippen molar-refractivity contribution in [3.8, 4) is 28.3 Å². The number of benzene rings is 6. The van der Waals surface area contributed by atoms with Gasteiger partial charge in [0.05, 0.1) is 22.4 Å². The quantitative estimate of drug-likeness (QED) is 0.133. The molecule has 3 heterocycles. The van der Waals surface area contributed by atoms with Crippen molar-refractivity contribution in [3.05, 3.63) is 156 Å². The largest absolute Gasteiger partial charge is 0 e. The van der Waals surface area contributed by atoms with Crippen LogP contribution in [-0.2, 0) is 37.5 Å². The number of aliphatic hydroxyl groups is 1. The molecule has 3 aromatic heterocycles. The Hall–Kier alpha value is -4.85. The van der Waals surface area contributed by atoms with E-state index in [0.717, 1.165) is 82.2 Å². The van der Waals surface area contributed by atoms with Gasteiger partial charge in [0.1, 0.15) is 5.58 Å². The summed E-state index contributed by atoms with van der Waals surface area (Å²) in [6.07, 6.45) is 0.414. The molecule has 319 valence electrons. The summed E-state index contributed by atoms with van der Waals surface area (Å²) in [5, 5.41) is 14.6. The zero-order valence-electron chi connectivity index (χ0n) is 39.7. The molecule has 1 N–H and O–H groups in total. The first-order valence-corrected chi connectivity index (χ1v) is 28.5. The second-order valence-corrected chi connectivity index (χ2v) is 30.3. The number of aromatic nitrogens is 3. The Morgan fingerprint density at radius 2 is 1.37 bits per heavy atom. The number of para-hydroxylation sites is 1. The van der Waals surface area contributed by atoms with Gasteiger partial charge in [0.2, 0.25) is 0 Å². The van der Waals surface area contributed by atoms with Gasteiger partial charge < -0.3 is 8.98 Å². The van der Waals surface area contributed by atoms with Crippen molar-refractivity contribution >= 4 is 61.4 Å². The normalized spacial score (nSPS) is 13.2. The van der Waals surface area contributed by atoms with Gasteiger partial charge in [-0.3, -0.25) is 4.98 Å². The molecule has 0 fully saturated rings. The van der Waals surface area contributed by atoms with Crippen LogP contribution in [0.25, 0.3) is 72.1 Å². The molecule has 0 saturated carbocycles. The Morgan fingerprint density at radius 3 is 2.02 bits per heavy atom. The molecule has 6 aromatic carbocycles. The standard InChI is InChI=1S/C33H25N2O.C22H32GeNO.Ir/c1-33(2,3)23-14-16-24(17-15-23)35-28-18-12-21-8-4-5-9-25(21)31(28)34-32(35)22-13-19-30-27(20-22)26-10-6-7-11-29(26)36-30;1-21(2,3)14-17-13-20(24-15-19(17)23(6,7)8)16-9-11-18(12-10-16)22(4,5)25;/h4-12,14-20H,1-3H3;9,11-13,15,25H,14H2,1-8H3;/q2*-1;/i;14D2;. The van der Waals surface area contributed by atoms with Gasteiger partial charge in [0.25, 0.3) is 0 Å². The van der Waals surface area contributed by atoms with Crippen molar-refractivity contribution in [2.45, 2.75) is 90.0 Å². The van der Waals surface area contributed by atoms with Crippen LogP contribution in [0.15, 0.2) is 132 Å². The fourth-order valence-electron chi connectivity index (χ4n) is 7.84. The SMILES string of the molecule is CC(C)(C)c1ccc(-n2c(-c3[c-]cc4oc5ccccc5c4c3)nc3c4ccccc4ccc32)cc1.[2H]C([2H])(c1cc(-c2[c-]cc(C(C)(C)O)cc2)nc[c]1[Ge]([CH3])([CH3])[CH3])C(C)(C)C.[Ir]. The molecule has 7 heteroatoms. The van der Waals surface area contributed by atoms with Crippen molar-refractivity contribution in [1.82, 2.24) is 14.5 Å². The zero-order valence-corrected chi connectivity index (χ0v) is 42.1. The first-order valence-electron chi connectivity index (χ1n) is 22.1. The van der Waals surface area contributed by atoms with Crippen LogP contribution in [0.5, 0.6) is 0 Å². The number of imidazole rings is 1. The van der Waals surface area contributed by atoms with E-state index >= 15 is 0 Å². The van der Waals surface area contributed by atoms with E-state index in [0.29, 0.717) is 0 Å². The number of nitrogens with zero attached hydrogens (tertiary/aromatic N) is 3. The minimum atomic E-state index is -2.31. The van der Waals surface area contributed by atoms with Crippen LogP contribution in [0.1, 0.15) is 74.8 Å². The number of hydrogen-bond donors (Lipinski definition) is 1. The Labute approximate surface area is 386 Å². The molecule has 0 atom stereocenters. The molecule has 0 bridgehead atoms. The third-order valence-electron chi connectivity index (χ3n) is 11.1. The minimum Gasteiger partial charge on any atom is 0 e. The fraction of sp³-hybridized carbons (Fsp3) is 0.273. The molecule has 0 unspecified atom stereocenters. The second-order valence-electron chi connectivity index (χ2n) is 19.7. The van der Waals surface area contributed by atoms with E-state index in [9.17, 15) is 5.11 Å². The van der Waals surface area contributed by atoms with Crippen molar-refractivity contribution in [2.75, 3.05) is 0 Å². The molecular weight excluding hydrogens is 999 g/mol. The summed E-state index contributed by atoms with van der Waals surface area (Å²) < 4.78 is 27.1. The van der Waals surface area contributed by atoms with E-state index < -0.39 is 30.7 Å². The van der Waals surface area contributed by atoms with Gasteiger partial charge >= 0.3 is 159 Å². The maximum absolute atomic E-state index is 10.1. The number of furan rings is 1. The molecule has 9 rings (SSSR count). The average Bonchev–Trinajstić information content (AvgIpc) is 3.81. The first kappa shape index (κ1) is 42.5. The van der Waals surface area contributed by atoms with Gasteiger partial charge in [-0.25, -0.2) is 0 Å². The monoisotopic (exact) mass is 1060 g/mol. The Kier molecular flexibility index (Phi) is 11.7. The zero-order chi connectivity index (χ0) is 45.3. The van der Waals surface area contributed by atoms with Crippen LogP contribution in [0.2, 0.25) is 17.3 Å². The smallest absolute Gasteiger partial charge is 0 e. The van der Waals surface area contributed by atoms with Crippen LogP contribution in [0, 0.1) is 17.5 Å². The third-order valence-corrected chi connectivity index (χ3v) is 15.3. The second kappa shape index (κ2) is 17.0. The van der Waals surface area contributed by atoms with Gasteiger partial charge in [-0.05, 0) is 40.6 Å².